The molecule has 0 radical (unpaired) electrons. The predicted octanol–water partition coefficient (Wildman–Crippen LogP) is 5.93. The Morgan fingerprint density at radius 3 is 2.74 bits per heavy atom. The summed E-state index contributed by atoms with van der Waals surface area (Å²) in [7, 11) is 0. The lowest BCUT2D eigenvalue weighted by atomic mass is 10.1. The molecule has 4 aromatic rings. The summed E-state index contributed by atoms with van der Waals surface area (Å²) in [4.78, 5) is 23.1. The fourth-order valence-corrected chi connectivity index (χ4v) is 4.63. The highest BCUT2D eigenvalue weighted by atomic mass is 35.5. The molecule has 180 valence electrons. The maximum absolute atomic E-state index is 13.7. The Kier molecular flexibility index (Phi) is 7.02. The zero-order valence-corrected chi connectivity index (χ0v) is 20.4. The molecule has 1 aliphatic heterocycles. The number of pyridine rings is 1. The van der Waals surface area contributed by atoms with Crippen molar-refractivity contribution in [3.8, 4) is 5.75 Å². The molecule has 1 atom stereocenters. The summed E-state index contributed by atoms with van der Waals surface area (Å²) in [5.41, 5.74) is 4.34. The summed E-state index contributed by atoms with van der Waals surface area (Å²) in [6.07, 6.45) is 5.84. The Balaban J connectivity index is 1.36. The van der Waals surface area contributed by atoms with E-state index in [1.807, 2.05) is 66.4 Å². The minimum atomic E-state index is -0.0719. The van der Waals surface area contributed by atoms with Gasteiger partial charge in [-0.1, -0.05) is 29.8 Å². The number of aryl methyl sites for hydroxylation is 1. The van der Waals surface area contributed by atoms with E-state index >= 15 is 0 Å². The monoisotopic (exact) mass is 489 g/mol. The summed E-state index contributed by atoms with van der Waals surface area (Å²) < 4.78 is 11.5. The Hall–Kier alpha value is -3.35. The molecule has 1 unspecified atom stereocenters. The van der Waals surface area contributed by atoms with Crippen LogP contribution < -0.4 is 4.74 Å². The largest absolute Gasteiger partial charge is 0.491 e. The number of amides is 1. The van der Waals surface area contributed by atoms with Crippen LogP contribution in [0.5, 0.6) is 5.75 Å². The molecule has 0 spiro atoms. The lowest BCUT2D eigenvalue weighted by Gasteiger charge is -2.23. The van der Waals surface area contributed by atoms with Gasteiger partial charge in [0.25, 0.3) is 5.91 Å². The van der Waals surface area contributed by atoms with Crippen molar-refractivity contribution in [3.05, 3.63) is 94.4 Å². The fraction of sp³-hybridized carbons (Fsp3) is 0.286. The quantitative estimate of drug-likeness (QED) is 0.333. The van der Waals surface area contributed by atoms with Crippen LogP contribution in [0.4, 0.5) is 0 Å². The van der Waals surface area contributed by atoms with E-state index in [0.717, 1.165) is 52.8 Å². The van der Waals surface area contributed by atoms with Crippen LogP contribution in [0.15, 0.2) is 67.0 Å². The number of nitrogens with zero attached hydrogens (tertiary/aromatic N) is 2. The second-order valence-electron chi connectivity index (χ2n) is 8.93. The number of benzene rings is 2. The molecule has 3 heterocycles. The average Bonchev–Trinajstić information content (AvgIpc) is 3.51. The first kappa shape index (κ1) is 23.4. The molecular weight excluding hydrogens is 462 g/mol. The topological polar surface area (TPSA) is 67.5 Å². The summed E-state index contributed by atoms with van der Waals surface area (Å²) in [6, 6.07) is 17.4. The normalized spacial score (nSPS) is 15.4. The van der Waals surface area contributed by atoms with Gasteiger partial charge in [0, 0.05) is 48.0 Å². The zero-order chi connectivity index (χ0) is 24.2. The van der Waals surface area contributed by atoms with Crippen molar-refractivity contribution in [2.24, 2.45) is 0 Å². The molecule has 1 saturated heterocycles. The van der Waals surface area contributed by atoms with Crippen LogP contribution >= 0.6 is 11.6 Å². The summed E-state index contributed by atoms with van der Waals surface area (Å²) in [5.74, 6) is 0.732. The van der Waals surface area contributed by atoms with E-state index < -0.39 is 0 Å². The SMILES string of the molecule is Cc1c(C(=O)N(Cc2ccc(OCC3CCCO3)cc2)Cc2cccnc2)[nH]c2ccc(Cl)cc12. The minimum absolute atomic E-state index is 0.0719. The van der Waals surface area contributed by atoms with Crippen LogP contribution in [0, 0.1) is 6.92 Å². The molecular formula is C28H28ClN3O3. The summed E-state index contributed by atoms with van der Waals surface area (Å²) >= 11 is 6.20. The molecule has 0 bridgehead atoms. The number of nitrogens with one attached hydrogen (secondary N) is 1. The van der Waals surface area contributed by atoms with Crippen molar-refractivity contribution < 1.29 is 14.3 Å². The van der Waals surface area contributed by atoms with E-state index in [2.05, 4.69) is 9.97 Å². The molecule has 1 fully saturated rings. The number of rotatable bonds is 8. The maximum Gasteiger partial charge on any atom is 0.271 e. The van der Waals surface area contributed by atoms with Gasteiger partial charge >= 0.3 is 0 Å². The van der Waals surface area contributed by atoms with Gasteiger partial charge in [0.1, 0.15) is 18.1 Å². The molecule has 0 saturated carbocycles. The Morgan fingerprint density at radius 1 is 1.17 bits per heavy atom. The Morgan fingerprint density at radius 2 is 2.00 bits per heavy atom. The second kappa shape index (κ2) is 10.5. The van der Waals surface area contributed by atoms with Gasteiger partial charge in [0.05, 0.1) is 6.10 Å². The van der Waals surface area contributed by atoms with Crippen molar-refractivity contribution in [1.29, 1.82) is 0 Å². The number of aromatic amines is 1. The number of H-pyrrole nitrogens is 1. The molecule has 6 nitrogen and oxygen atoms in total. The molecule has 2 aromatic heterocycles. The van der Waals surface area contributed by atoms with Crippen LogP contribution in [0.25, 0.3) is 10.9 Å². The Bertz CT molecular complexity index is 1300. The number of hydrogen-bond donors (Lipinski definition) is 1. The number of carbonyl (C=O) groups is 1. The van der Waals surface area contributed by atoms with E-state index in [1.54, 1.807) is 12.4 Å². The third-order valence-electron chi connectivity index (χ3n) is 6.37. The van der Waals surface area contributed by atoms with Gasteiger partial charge in [0.15, 0.2) is 0 Å². The van der Waals surface area contributed by atoms with Gasteiger partial charge in [-0.3, -0.25) is 9.78 Å². The molecule has 2 aromatic carbocycles. The van der Waals surface area contributed by atoms with Crippen molar-refractivity contribution >= 4 is 28.4 Å². The highest BCUT2D eigenvalue weighted by Gasteiger charge is 2.22. The molecule has 0 aliphatic carbocycles. The first-order chi connectivity index (χ1) is 17.1. The number of ether oxygens (including phenoxy) is 2. The molecule has 1 aliphatic rings. The van der Waals surface area contributed by atoms with Gasteiger partial charge < -0.3 is 19.4 Å². The predicted molar refractivity (Wildman–Crippen MR) is 137 cm³/mol. The molecule has 35 heavy (non-hydrogen) atoms. The van der Waals surface area contributed by atoms with E-state index in [-0.39, 0.29) is 12.0 Å². The number of hydrogen-bond acceptors (Lipinski definition) is 4. The summed E-state index contributed by atoms with van der Waals surface area (Å²) in [5, 5.41) is 1.60. The molecule has 1 N–H and O–H groups in total. The van der Waals surface area contributed by atoms with Gasteiger partial charge in [0.2, 0.25) is 0 Å². The summed E-state index contributed by atoms with van der Waals surface area (Å²) in [6.45, 7) is 4.23. The second-order valence-corrected chi connectivity index (χ2v) is 9.36. The lowest BCUT2D eigenvalue weighted by molar-refractivity contribution is 0.0679. The number of halogens is 1. The Labute approximate surface area is 209 Å². The van der Waals surface area contributed by atoms with E-state index in [1.165, 1.54) is 0 Å². The minimum Gasteiger partial charge on any atom is -0.491 e. The van der Waals surface area contributed by atoms with Crippen molar-refractivity contribution in [2.45, 2.75) is 39.0 Å². The van der Waals surface area contributed by atoms with Crippen LogP contribution in [-0.4, -0.2) is 40.1 Å². The first-order valence-electron chi connectivity index (χ1n) is 11.9. The molecule has 5 rings (SSSR count). The van der Waals surface area contributed by atoms with Crippen molar-refractivity contribution in [3.63, 3.8) is 0 Å². The fourth-order valence-electron chi connectivity index (χ4n) is 4.46. The van der Waals surface area contributed by atoms with Gasteiger partial charge in [-0.15, -0.1) is 0 Å². The third kappa shape index (κ3) is 5.50. The highest BCUT2D eigenvalue weighted by molar-refractivity contribution is 6.31. The van der Waals surface area contributed by atoms with Gasteiger partial charge in [-0.05, 0) is 72.9 Å². The number of aromatic nitrogens is 2. The zero-order valence-electron chi connectivity index (χ0n) is 19.7. The van der Waals surface area contributed by atoms with Crippen LogP contribution in [0.1, 0.15) is 40.0 Å². The van der Waals surface area contributed by atoms with Gasteiger partial charge in [-0.25, -0.2) is 0 Å². The number of carbonyl (C=O) groups excluding carboxylic acids is 1. The van der Waals surface area contributed by atoms with E-state index in [0.29, 0.717) is 30.4 Å². The van der Waals surface area contributed by atoms with Gasteiger partial charge in [-0.2, -0.15) is 0 Å². The van der Waals surface area contributed by atoms with Crippen molar-refractivity contribution in [2.75, 3.05) is 13.2 Å². The number of fused-ring (bicyclic) bond motifs is 1. The van der Waals surface area contributed by atoms with E-state index in [4.69, 9.17) is 21.1 Å². The average molecular weight is 490 g/mol. The van der Waals surface area contributed by atoms with E-state index in [9.17, 15) is 4.79 Å². The van der Waals surface area contributed by atoms with Crippen LogP contribution in [-0.2, 0) is 17.8 Å². The third-order valence-corrected chi connectivity index (χ3v) is 6.61. The van der Waals surface area contributed by atoms with Crippen molar-refractivity contribution in [1.82, 2.24) is 14.9 Å². The maximum atomic E-state index is 13.7. The lowest BCUT2D eigenvalue weighted by Crippen LogP contribution is -2.31. The first-order valence-corrected chi connectivity index (χ1v) is 12.2. The smallest absolute Gasteiger partial charge is 0.271 e. The molecule has 7 heteroatoms. The van der Waals surface area contributed by atoms with Crippen LogP contribution in [0.3, 0.4) is 0 Å². The molecule has 1 amide bonds. The standard InChI is InChI=1S/C28H28ClN3O3/c1-19-25-14-22(29)8-11-26(25)31-27(19)28(33)32(17-21-4-2-12-30-15-21)16-20-6-9-23(10-7-20)35-18-24-5-3-13-34-24/h2,4,6-12,14-15,24,31H,3,5,13,16-18H2,1H3. The van der Waals surface area contributed by atoms with Crippen LogP contribution in [0.2, 0.25) is 5.02 Å². The highest BCUT2D eigenvalue weighted by Crippen LogP contribution is 2.27.